The summed E-state index contributed by atoms with van der Waals surface area (Å²) in [5, 5.41) is 7.74. The molecule has 0 saturated heterocycles. The molecule has 8 heavy (non-hydrogen) atoms. The van der Waals surface area contributed by atoms with E-state index in [-0.39, 0.29) is 0 Å². The van der Waals surface area contributed by atoms with Crippen LogP contribution >= 0.6 is 11.6 Å². The Morgan fingerprint density at radius 3 is 2.12 bits per heavy atom. The lowest BCUT2D eigenvalue weighted by Crippen LogP contribution is -2.25. The van der Waals surface area contributed by atoms with Gasteiger partial charge in [-0.2, -0.15) is 5.26 Å². The van der Waals surface area contributed by atoms with E-state index in [1.165, 1.54) is 13.8 Å². The molecule has 0 saturated carbocycles. The Morgan fingerprint density at radius 2 is 2.12 bits per heavy atom. The van der Waals surface area contributed by atoms with Crippen LogP contribution in [0, 0.1) is 0 Å². The minimum Gasteiger partial charge on any atom is -0.299 e. The van der Waals surface area contributed by atoms with Gasteiger partial charge in [-0.1, -0.05) is 0 Å². The molecule has 3 nitrogen and oxygen atoms in total. The van der Waals surface area contributed by atoms with Gasteiger partial charge >= 0.3 is 5.97 Å². The van der Waals surface area contributed by atoms with Gasteiger partial charge in [-0.15, -0.1) is 11.6 Å². The zero-order chi connectivity index (χ0) is 6.78. The summed E-state index contributed by atoms with van der Waals surface area (Å²) in [6, 6.07) is 0. The molecule has 0 fully saturated rings. The highest BCUT2D eigenvalue weighted by Gasteiger charge is 2.26. The molecule has 4 heteroatoms. The maximum atomic E-state index is 10.2. The van der Waals surface area contributed by atoms with Crippen LogP contribution in [0.4, 0.5) is 0 Å². The third-order valence-electron chi connectivity index (χ3n) is 0.568. The Morgan fingerprint density at radius 1 is 1.75 bits per heavy atom. The lowest BCUT2D eigenvalue weighted by molar-refractivity contribution is -0.236. The first-order chi connectivity index (χ1) is 3.48. The summed E-state index contributed by atoms with van der Waals surface area (Å²) >= 11 is 5.35. The molecule has 0 aliphatic carbocycles. The first-order valence-electron chi connectivity index (χ1n) is 2.03. The van der Waals surface area contributed by atoms with E-state index < -0.39 is 10.8 Å². The summed E-state index contributed by atoms with van der Waals surface area (Å²) in [6.07, 6.45) is 0. The molecule has 0 aliphatic heterocycles. The number of alkyl halides is 1. The van der Waals surface area contributed by atoms with Gasteiger partial charge in [0, 0.05) is 0 Å². The Labute approximate surface area is 52.1 Å². The van der Waals surface area contributed by atoms with Crippen molar-refractivity contribution in [1.82, 2.24) is 0 Å². The second-order valence-corrected chi connectivity index (χ2v) is 2.80. The summed E-state index contributed by atoms with van der Waals surface area (Å²) in [5.41, 5.74) is 0. The standard InChI is InChI=1S/C4H7ClO3/c1-4(2,5)3(6)8-7/h7H,1-2H3. The molecule has 0 aromatic carbocycles. The quantitative estimate of drug-likeness (QED) is 0.334. The van der Waals surface area contributed by atoms with Gasteiger partial charge in [0.25, 0.3) is 0 Å². The van der Waals surface area contributed by atoms with Crippen LogP contribution in [0.15, 0.2) is 0 Å². The van der Waals surface area contributed by atoms with E-state index in [1.54, 1.807) is 0 Å². The summed E-state index contributed by atoms with van der Waals surface area (Å²) in [5.74, 6) is -0.848. The third-order valence-corrected chi connectivity index (χ3v) is 0.723. The molecule has 1 N–H and O–H groups in total. The van der Waals surface area contributed by atoms with E-state index in [0.717, 1.165) is 0 Å². The van der Waals surface area contributed by atoms with Crippen LogP contribution in [0.25, 0.3) is 0 Å². The van der Waals surface area contributed by atoms with Crippen LogP contribution in [0.1, 0.15) is 13.8 Å². The molecule has 0 aromatic heterocycles. The molecular weight excluding hydrogens is 131 g/mol. The maximum absolute atomic E-state index is 10.2. The molecule has 0 bridgehead atoms. The smallest absolute Gasteiger partial charge is 0.299 e. The molecule has 0 radical (unpaired) electrons. The van der Waals surface area contributed by atoms with Crippen LogP contribution in [0.2, 0.25) is 0 Å². The third kappa shape index (κ3) is 2.14. The molecule has 0 atom stereocenters. The largest absolute Gasteiger partial charge is 0.362 e. The van der Waals surface area contributed by atoms with Gasteiger partial charge in [0.15, 0.2) is 0 Å². The highest BCUT2D eigenvalue weighted by molar-refractivity contribution is 6.33. The van der Waals surface area contributed by atoms with E-state index in [0.29, 0.717) is 0 Å². The van der Waals surface area contributed by atoms with Crippen LogP contribution in [0.3, 0.4) is 0 Å². The number of hydrogen-bond donors (Lipinski definition) is 1. The second-order valence-electron chi connectivity index (χ2n) is 1.85. The second kappa shape index (κ2) is 2.33. The van der Waals surface area contributed by atoms with E-state index >= 15 is 0 Å². The van der Waals surface area contributed by atoms with Crippen LogP contribution < -0.4 is 0 Å². The van der Waals surface area contributed by atoms with Gasteiger partial charge in [0.2, 0.25) is 0 Å². The molecule has 0 spiro atoms. The molecule has 0 aromatic rings. The average molecular weight is 139 g/mol. The monoisotopic (exact) mass is 138 g/mol. The number of halogens is 1. The topological polar surface area (TPSA) is 46.5 Å². The Kier molecular flexibility index (Phi) is 2.25. The van der Waals surface area contributed by atoms with Crippen molar-refractivity contribution in [3.05, 3.63) is 0 Å². The number of carbonyl (C=O) groups is 1. The van der Waals surface area contributed by atoms with Crippen molar-refractivity contribution in [2.75, 3.05) is 0 Å². The highest BCUT2D eigenvalue weighted by Crippen LogP contribution is 2.13. The van der Waals surface area contributed by atoms with Crippen molar-refractivity contribution in [2.24, 2.45) is 0 Å². The fraction of sp³-hybridized carbons (Fsp3) is 0.750. The number of carbonyl (C=O) groups excluding carboxylic acids is 1. The zero-order valence-corrected chi connectivity index (χ0v) is 5.40. The van der Waals surface area contributed by atoms with Crippen molar-refractivity contribution in [3.8, 4) is 0 Å². The van der Waals surface area contributed by atoms with E-state index in [1.807, 2.05) is 0 Å². The van der Waals surface area contributed by atoms with E-state index in [4.69, 9.17) is 16.9 Å². The fourth-order valence-electron chi connectivity index (χ4n) is 0.109. The molecule has 0 aliphatic rings. The Hall–Kier alpha value is -0.280. The van der Waals surface area contributed by atoms with Crippen molar-refractivity contribution < 1.29 is 14.9 Å². The minimum atomic E-state index is -1.13. The maximum Gasteiger partial charge on any atom is 0.362 e. The summed E-state index contributed by atoms with van der Waals surface area (Å²) in [4.78, 5) is 12.4. The van der Waals surface area contributed by atoms with Crippen molar-refractivity contribution in [2.45, 2.75) is 18.7 Å². The molecule has 0 amide bonds. The van der Waals surface area contributed by atoms with Gasteiger partial charge in [0.05, 0.1) is 0 Å². The van der Waals surface area contributed by atoms with E-state index in [2.05, 4.69) is 4.89 Å². The van der Waals surface area contributed by atoms with Gasteiger partial charge in [-0.25, -0.2) is 4.79 Å². The molecule has 48 valence electrons. The van der Waals surface area contributed by atoms with Gasteiger partial charge in [0.1, 0.15) is 4.87 Å². The van der Waals surface area contributed by atoms with Crippen molar-refractivity contribution >= 4 is 17.6 Å². The van der Waals surface area contributed by atoms with Crippen LogP contribution in [-0.4, -0.2) is 16.1 Å². The van der Waals surface area contributed by atoms with Crippen LogP contribution in [0.5, 0.6) is 0 Å². The minimum absolute atomic E-state index is 0.848. The predicted molar refractivity (Wildman–Crippen MR) is 28.7 cm³/mol. The number of rotatable bonds is 1. The average Bonchev–Trinajstić information content (AvgIpc) is 1.62. The van der Waals surface area contributed by atoms with Gasteiger partial charge in [-0.05, 0) is 13.8 Å². The number of hydrogen-bond acceptors (Lipinski definition) is 3. The lowest BCUT2D eigenvalue weighted by atomic mass is 10.2. The van der Waals surface area contributed by atoms with E-state index in [9.17, 15) is 4.79 Å². The zero-order valence-electron chi connectivity index (χ0n) is 4.64. The van der Waals surface area contributed by atoms with Crippen molar-refractivity contribution in [3.63, 3.8) is 0 Å². The van der Waals surface area contributed by atoms with Crippen molar-refractivity contribution in [1.29, 1.82) is 0 Å². The Balaban J connectivity index is 3.82. The van der Waals surface area contributed by atoms with Gasteiger partial charge in [-0.3, -0.25) is 4.89 Å². The summed E-state index contributed by atoms with van der Waals surface area (Å²) < 4.78 is 0. The SMILES string of the molecule is CC(C)(Cl)C(=O)OO. The lowest BCUT2D eigenvalue weighted by Gasteiger charge is -2.08. The molecule has 0 heterocycles. The molecular formula is C4H7ClO3. The summed E-state index contributed by atoms with van der Waals surface area (Å²) in [7, 11) is 0. The predicted octanol–water partition coefficient (Wildman–Crippen LogP) is 1.02. The Bertz CT molecular complexity index is 93.9. The van der Waals surface area contributed by atoms with Crippen LogP contribution in [-0.2, 0) is 9.68 Å². The first kappa shape index (κ1) is 7.72. The van der Waals surface area contributed by atoms with Gasteiger partial charge < -0.3 is 0 Å². The first-order valence-corrected chi connectivity index (χ1v) is 2.41. The normalized spacial score (nSPS) is 11.0. The molecule has 0 unspecified atom stereocenters. The summed E-state index contributed by atoms with van der Waals surface area (Å²) in [6.45, 7) is 2.85. The fourth-order valence-corrected chi connectivity index (χ4v) is 0.143. The highest BCUT2D eigenvalue weighted by atomic mass is 35.5. The molecule has 0 rings (SSSR count).